The number of likely N-dealkylation sites (tertiary alicyclic amines) is 1. The third kappa shape index (κ3) is 3.02. The summed E-state index contributed by atoms with van der Waals surface area (Å²) in [4.78, 5) is 35.9. The van der Waals surface area contributed by atoms with E-state index in [0.717, 1.165) is 0 Å². The van der Waals surface area contributed by atoms with E-state index in [1.54, 1.807) is 27.7 Å². The minimum absolute atomic E-state index is 0.137. The molecule has 0 bridgehead atoms. The summed E-state index contributed by atoms with van der Waals surface area (Å²) in [5.74, 6) is -3.53. The van der Waals surface area contributed by atoms with Gasteiger partial charge in [-0.05, 0) is 27.2 Å². The first-order chi connectivity index (χ1) is 9.03. The van der Waals surface area contributed by atoms with E-state index in [4.69, 9.17) is 4.74 Å². The number of carboxylic acid groups (broad SMARTS) is 2. The Morgan fingerprint density at radius 2 is 1.85 bits per heavy atom. The summed E-state index contributed by atoms with van der Waals surface area (Å²) in [5.41, 5.74) is -2.17. The maximum absolute atomic E-state index is 12.0. The Bertz CT molecular complexity index is 427. The Labute approximate surface area is 117 Å². The van der Waals surface area contributed by atoms with E-state index in [1.165, 1.54) is 4.90 Å². The molecule has 0 aromatic heterocycles. The molecule has 2 N–H and O–H groups in total. The number of nitrogens with zero attached hydrogens (tertiary/aromatic N) is 1. The third-order valence-corrected chi connectivity index (χ3v) is 3.55. The summed E-state index contributed by atoms with van der Waals surface area (Å²) in [5, 5.41) is 18.6. The van der Waals surface area contributed by atoms with Crippen LogP contribution in [0.25, 0.3) is 0 Å². The molecule has 1 aliphatic heterocycles. The van der Waals surface area contributed by atoms with Crippen molar-refractivity contribution >= 4 is 18.0 Å². The van der Waals surface area contributed by atoms with Gasteiger partial charge in [0.1, 0.15) is 11.0 Å². The minimum Gasteiger partial charge on any atom is -0.481 e. The molecule has 7 heteroatoms. The lowest BCUT2D eigenvalue weighted by molar-refractivity contribution is -0.159. The van der Waals surface area contributed by atoms with Crippen LogP contribution in [0.4, 0.5) is 4.79 Å². The molecule has 0 spiro atoms. The van der Waals surface area contributed by atoms with Crippen LogP contribution in [0.5, 0.6) is 0 Å². The van der Waals surface area contributed by atoms with E-state index in [0.29, 0.717) is 0 Å². The van der Waals surface area contributed by atoms with Gasteiger partial charge in [-0.15, -0.1) is 0 Å². The molecule has 1 heterocycles. The first kappa shape index (κ1) is 16.3. The van der Waals surface area contributed by atoms with Gasteiger partial charge in [-0.25, -0.2) is 4.79 Å². The number of carboxylic acids is 2. The SMILES string of the molecule is CC[C@]1(C(=O)O)CN(C(=O)OC(C)(C)C)C[C@@H]1C(=O)O. The van der Waals surface area contributed by atoms with Gasteiger partial charge in [0.25, 0.3) is 0 Å². The van der Waals surface area contributed by atoms with E-state index in [1.807, 2.05) is 0 Å². The van der Waals surface area contributed by atoms with Crippen molar-refractivity contribution in [3.63, 3.8) is 0 Å². The zero-order chi connectivity index (χ0) is 15.7. The lowest BCUT2D eigenvalue weighted by Gasteiger charge is -2.27. The largest absolute Gasteiger partial charge is 0.481 e. The zero-order valence-corrected chi connectivity index (χ0v) is 12.2. The number of rotatable bonds is 3. The number of carbonyl (C=O) groups is 3. The lowest BCUT2D eigenvalue weighted by atomic mass is 9.76. The van der Waals surface area contributed by atoms with Crippen LogP contribution in [0.3, 0.4) is 0 Å². The van der Waals surface area contributed by atoms with Gasteiger partial charge in [0, 0.05) is 13.1 Å². The van der Waals surface area contributed by atoms with Crippen LogP contribution < -0.4 is 0 Å². The first-order valence-electron chi connectivity index (χ1n) is 6.47. The molecule has 0 aromatic rings. The van der Waals surface area contributed by atoms with Crippen molar-refractivity contribution in [1.82, 2.24) is 4.90 Å². The van der Waals surface area contributed by atoms with Crippen molar-refractivity contribution in [2.45, 2.75) is 39.7 Å². The molecule has 1 amide bonds. The van der Waals surface area contributed by atoms with Crippen molar-refractivity contribution in [3.05, 3.63) is 0 Å². The number of aliphatic carboxylic acids is 2. The van der Waals surface area contributed by atoms with Crippen LogP contribution >= 0.6 is 0 Å². The lowest BCUT2D eigenvalue weighted by Crippen LogP contribution is -2.42. The summed E-state index contributed by atoms with van der Waals surface area (Å²) in [7, 11) is 0. The second kappa shape index (κ2) is 5.30. The van der Waals surface area contributed by atoms with Gasteiger partial charge in [-0.2, -0.15) is 0 Å². The van der Waals surface area contributed by atoms with E-state index < -0.39 is 35.0 Å². The van der Waals surface area contributed by atoms with Gasteiger partial charge in [-0.3, -0.25) is 9.59 Å². The molecular formula is C13H21NO6. The smallest absolute Gasteiger partial charge is 0.410 e. The summed E-state index contributed by atoms with van der Waals surface area (Å²) in [6.45, 7) is 6.40. The summed E-state index contributed by atoms with van der Waals surface area (Å²) < 4.78 is 5.17. The van der Waals surface area contributed by atoms with Crippen molar-refractivity contribution in [2.75, 3.05) is 13.1 Å². The fraction of sp³-hybridized carbons (Fsp3) is 0.769. The molecule has 1 fully saturated rings. The van der Waals surface area contributed by atoms with Crippen LogP contribution in [0.2, 0.25) is 0 Å². The maximum atomic E-state index is 12.0. The van der Waals surface area contributed by atoms with E-state index in [9.17, 15) is 24.6 Å². The second-order valence-electron chi connectivity index (χ2n) is 6.07. The number of hydrogen-bond acceptors (Lipinski definition) is 4. The summed E-state index contributed by atoms with van der Waals surface area (Å²) in [6.07, 6.45) is -0.543. The number of ether oxygens (including phenoxy) is 1. The highest BCUT2D eigenvalue weighted by Crippen LogP contribution is 2.40. The highest BCUT2D eigenvalue weighted by Gasteiger charge is 2.56. The molecule has 1 rings (SSSR count). The maximum Gasteiger partial charge on any atom is 0.410 e. The molecule has 0 unspecified atom stereocenters. The van der Waals surface area contributed by atoms with Gasteiger partial charge < -0.3 is 19.8 Å². The van der Waals surface area contributed by atoms with Crippen LogP contribution in [0.15, 0.2) is 0 Å². The molecule has 7 nitrogen and oxygen atoms in total. The molecule has 20 heavy (non-hydrogen) atoms. The van der Waals surface area contributed by atoms with Gasteiger partial charge in [0.15, 0.2) is 0 Å². The molecular weight excluding hydrogens is 266 g/mol. The Balaban J connectivity index is 2.99. The van der Waals surface area contributed by atoms with Crippen LogP contribution in [-0.2, 0) is 14.3 Å². The highest BCUT2D eigenvalue weighted by atomic mass is 16.6. The molecule has 0 aliphatic carbocycles. The summed E-state index contributed by atoms with van der Waals surface area (Å²) in [6, 6.07) is 0. The molecule has 1 aliphatic rings. The fourth-order valence-corrected chi connectivity index (χ4v) is 2.42. The predicted octanol–water partition coefficient (Wildman–Crippen LogP) is 1.42. The molecule has 2 atom stereocenters. The fourth-order valence-electron chi connectivity index (χ4n) is 2.42. The Morgan fingerprint density at radius 3 is 2.15 bits per heavy atom. The van der Waals surface area contributed by atoms with E-state index in [2.05, 4.69) is 0 Å². The number of carbonyl (C=O) groups excluding carboxylic acids is 1. The van der Waals surface area contributed by atoms with Gasteiger partial charge in [0.05, 0.1) is 5.92 Å². The normalized spacial score (nSPS) is 26.4. The molecule has 0 radical (unpaired) electrons. The average molecular weight is 287 g/mol. The molecule has 1 saturated heterocycles. The van der Waals surface area contributed by atoms with Crippen LogP contribution in [-0.4, -0.2) is 51.8 Å². The first-order valence-corrected chi connectivity index (χ1v) is 6.47. The average Bonchev–Trinajstić information content (AvgIpc) is 2.67. The molecule has 0 saturated carbocycles. The van der Waals surface area contributed by atoms with Crippen molar-refractivity contribution < 1.29 is 29.3 Å². The van der Waals surface area contributed by atoms with Crippen LogP contribution in [0, 0.1) is 11.3 Å². The summed E-state index contributed by atoms with van der Waals surface area (Å²) >= 11 is 0. The number of hydrogen-bond donors (Lipinski definition) is 2. The zero-order valence-electron chi connectivity index (χ0n) is 12.2. The Hall–Kier alpha value is -1.79. The van der Waals surface area contributed by atoms with E-state index >= 15 is 0 Å². The molecule has 0 aromatic carbocycles. The van der Waals surface area contributed by atoms with Gasteiger partial charge in [-0.1, -0.05) is 6.92 Å². The second-order valence-corrected chi connectivity index (χ2v) is 6.07. The van der Waals surface area contributed by atoms with Gasteiger partial charge >= 0.3 is 18.0 Å². The van der Waals surface area contributed by atoms with Crippen molar-refractivity contribution in [2.24, 2.45) is 11.3 Å². The van der Waals surface area contributed by atoms with Crippen LogP contribution in [0.1, 0.15) is 34.1 Å². The van der Waals surface area contributed by atoms with Gasteiger partial charge in [0.2, 0.25) is 0 Å². The third-order valence-electron chi connectivity index (χ3n) is 3.55. The predicted molar refractivity (Wildman–Crippen MR) is 69.3 cm³/mol. The van der Waals surface area contributed by atoms with E-state index in [-0.39, 0.29) is 19.5 Å². The monoisotopic (exact) mass is 287 g/mol. The van der Waals surface area contributed by atoms with Crippen molar-refractivity contribution in [1.29, 1.82) is 0 Å². The minimum atomic E-state index is -1.46. The topological polar surface area (TPSA) is 104 Å². The van der Waals surface area contributed by atoms with Crippen molar-refractivity contribution in [3.8, 4) is 0 Å². The highest BCUT2D eigenvalue weighted by molar-refractivity contribution is 5.86. The standard InChI is InChI=1S/C13H21NO6/c1-5-13(10(17)18)7-14(6-8(13)9(15)16)11(19)20-12(2,3)4/h8H,5-7H2,1-4H3,(H,15,16)(H,17,18)/t8-,13+/m1/s1. The quantitative estimate of drug-likeness (QED) is 0.813. The Morgan fingerprint density at radius 1 is 1.30 bits per heavy atom. The number of amides is 1. The Kier molecular flexibility index (Phi) is 4.31. The molecule has 114 valence electrons.